The maximum atomic E-state index is 13.6. The molecule has 4 rings (SSSR count). The number of halogens is 2. The number of likely N-dealkylation sites (tertiary alicyclic amines) is 2. The van der Waals surface area contributed by atoms with Gasteiger partial charge in [-0.25, -0.2) is 8.78 Å². The highest BCUT2D eigenvalue weighted by atomic mass is 19.3. The van der Waals surface area contributed by atoms with E-state index in [0.29, 0.717) is 22.4 Å². The monoisotopic (exact) mass is 466 g/mol. The lowest BCUT2D eigenvalue weighted by atomic mass is 9.95. The maximum Gasteiger partial charge on any atom is 0.268 e. The van der Waals surface area contributed by atoms with Crippen molar-refractivity contribution in [3.63, 3.8) is 0 Å². The van der Waals surface area contributed by atoms with E-state index < -0.39 is 30.8 Å². The van der Waals surface area contributed by atoms with Crippen molar-refractivity contribution in [2.24, 2.45) is 5.92 Å². The van der Waals surface area contributed by atoms with Gasteiger partial charge >= 0.3 is 0 Å². The summed E-state index contributed by atoms with van der Waals surface area (Å²) in [5, 5.41) is 9.80. The average Bonchev–Trinajstić information content (AvgIpc) is 3.16. The first-order valence-electron chi connectivity index (χ1n) is 11.6. The highest BCUT2D eigenvalue weighted by Gasteiger charge is 2.47. The number of hydrogen-bond donors (Lipinski definition) is 0. The van der Waals surface area contributed by atoms with E-state index in [-0.39, 0.29) is 18.6 Å². The predicted molar refractivity (Wildman–Crippen MR) is 125 cm³/mol. The third-order valence-corrected chi connectivity index (χ3v) is 6.70. The minimum absolute atomic E-state index is 0.117. The largest absolute Gasteiger partial charge is 0.320 e. The van der Waals surface area contributed by atoms with Gasteiger partial charge in [0.1, 0.15) is 6.04 Å². The van der Waals surface area contributed by atoms with Gasteiger partial charge in [-0.2, -0.15) is 5.26 Å². The summed E-state index contributed by atoms with van der Waals surface area (Å²) in [6.45, 7) is 1.39. The smallest absolute Gasteiger partial charge is 0.268 e. The lowest BCUT2D eigenvalue weighted by molar-refractivity contribution is -0.132. The van der Waals surface area contributed by atoms with Gasteiger partial charge in [0.25, 0.3) is 5.92 Å². The van der Waals surface area contributed by atoms with Crippen LogP contribution in [0.3, 0.4) is 0 Å². The highest BCUT2D eigenvalue weighted by Crippen LogP contribution is 2.32. The lowest BCUT2D eigenvalue weighted by Crippen LogP contribution is -2.36. The second-order valence-electron chi connectivity index (χ2n) is 9.28. The molecule has 0 spiro atoms. The summed E-state index contributed by atoms with van der Waals surface area (Å²) >= 11 is 0. The van der Waals surface area contributed by atoms with E-state index in [1.165, 1.54) is 0 Å². The van der Waals surface area contributed by atoms with Crippen LogP contribution in [0.5, 0.6) is 0 Å². The first-order chi connectivity index (χ1) is 16.3. The fourth-order valence-corrected chi connectivity index (χ4v) is 4.67. The van der Waals surface area contributed by atoms with Gasteiger partial charge in [0.05, 0.1) is 18.1 Å². The van der Waals surface area contributed by atoms with Crippen molar-refractivity contribution in [1.29, 1.82) is 5.26 Å². The van der Waals surface area contributed by atoms with E-state index in [1.807, 2.05) is 18.2 Å². The Morgan fingerprint density at radius 1 is 1.24 bits per heavy atom. The number of Topliss-reactive ketones (excluding diaryl/α,β-unsaturated/α-hetero) is 1. The standard InChI is InChI=1S/C26H28F2N4O2/c1-31-12-9-18(10-13-31)2-3-19-4-5-23-22(14-19)21(8-11-30-23)24(33)6-7-25(34)32-17-26(27,28)15-20(32)16-29/h2-5,8,11,14,18,20H,6-7,9-10,12-13,15,17H2,1H3/b3-2+/t20-/m0/s1. The minimum atomic E-state index is -3.07. The molecule has 0 saturated carbocycles. The molecule has 0 aliphatic carbocycles. The van der Waals surface area contributed by atoms with Crippen LogP contribution in [0.2, 0.25) is 0 Å². The number of pyridine rings is 1. The number of carbonyl (C=O) groups is 2. The van der Waals surface area contributed by atoms with Crippen LogP contribution in [0.25, 0.3) is 17.0 Å². The number of amides is 1. The van der Waals surface area contributed by atoms with Crippen LogP contribution in [-0.4, -0.2) is 65.1 Å². The van der Waals surface area contributed by atoms with Crippen molar-refractivity contribution in [3.05, 3.63) is 47.7 Å². The molecule has 34 heavy (non-hydrogen) atoms. The van der Waals surface area contributed by atoms with E-state index in [9.17, 15) is 18.4 Å². The van der Waals surface area contributed by atoms with Gasteiger partial charge in [0, 0.05) is 36.4 Å². The summed E-state index contributed by atoms with van der Waals surface area (Å²) in [6.07, 6.45) is 7.10. The quantitative estimate of drug-likeness (QED) is 0.593. The number of nitriles is 1. The molecule has 2 aliphatic rings. The zero-order chi connectivity index (χ0) is 24.3. The molecule has 0 N–H and O–H groups in total. The predicted octanol–water partition coefficient (Wildman–Crippen LogP) is 4.31. The molecule has 2 saturated heterocycles. The SMILES string of the molecule is CN1CCC(/C=C/c2ccc3nccc(C(=O)CCC(=O)N4CC(F)(F)C[C@H]4C#N)c3c2)CC1. The molecule has 1 aromatic heterocycles. The Kier molecular flexibility index (Phi) is 7.03. The molecular weight excluding hydrogens is 438 g/mol. The topological polar surface area (TPSA) is 77.3 Å². The Labute approximate surface area is 197 Å². The van der Waals surface area contributed by atoms with Gasteiger partial charge in [0.2, 0.25) is 5.91 Å². The van der Waals surface area contributed by atoms with Crippen LogP contribution in [-0.2, 0) is 4.79 Å². The van der Waals surface area contributed by atoms with Crippen LogP contribution in [0, 0.1) is 17.2 Å². The molecule has 0 unspecified atom stereocenters. The van der Waals surface area contributed by atoms with Crippen LogP contribution in [0.4, 0.5) is 8.78 Å². The summed E-state index contributed by atoms with van der Waals surface area (Å²) < 4.78 is 27.3. The summed E-state index contributed by atoms with van der Waals surface area (Å²) in [5.74, 6) is -3.39. The second-order valence-corrected chi connectivity index (χ2v) is 9.28. The molecule has 8 heteroatoms. The average molecular weight is 467 g/mol. The lowest BCUT2D eigenvalue weighted by Gasteiger charge is -2.26. The number of carbonyl (C=O) groups excluding carboxylic acids is 2. The molecule has 2 fully saturated rings. The van der Waals surface area contributed by atoms with Gasteiger partial charge in [-0.15, -0.1) is 0 Å². The zero-order valence-electron chi connectivity index (χ0n) is 19.2. The number of nitrogens with zero attached hydrogens (tertiary/aromatic N) is 4. The molecule has 2 aromatic rings. The van der Waals surface area contributed by atoms with Crippen molar-refractivity contribution in [2.45, 2.75) is 44.1 Å². The van der Waals surface area contributed by atoms with Gasteiger partial charge in [-0.1, -0.05) is 18.2 Å². The Bertz CT molecular complexity index is 1150. The van der Waals surface area contributed by atoms with E-state index in [2.05, 4.69) is 29.1 Å². The number of piperidine rings is 1. The third kappa shape index (κ3) is 5.48. The number of hydrogen-bond acceptors (Lipinski definition) is 5. The number of benzene rings is 1. The fraction of sp³-hybridized carbons (Fsp3) is 0.462. The molecule has 1 aromatic carbocycles. The summed E-state index contributed by atoms with van der Waals surface area (Å²) in [7, 11) is 2.13. The number of alkyl halides is 2. The summed E-state index contributed by atoms with van der Waals surface area (Å²) in [4.78, 5) is 33.0. The third-order valence-electron chi connectivity index (χ3n) is 6.70. The van der Waals surface area contributed by atoms with Crippen LogP contribution >= 0.6 is 0 Å². The maximum absolute atomic E-state index is 13.6. The van der Waals surface area contributed by atoms with Crippen LogP contribution in [0.15, 0.2) is 36.5 Å². The van der Waals surface area contributed by atoms with E-state index in [0.717, 1.165) is 36.4 Å². The molecule has 0 radical (unpaired) electrons. The number of allylic oxidation sites excluding steroid dienone is 1. The van der Waals surface area contributed by atoms with E-state index in [1.54, 1.807) is 18.3 Å². The van der Waals surface area contributed by atoms with Crippen LogP contribution < -0.4 is 0 Å². The molecule has 0 bridgehead atoms. The molecule has 1 amide bonds. The normalized spacial score (nSPS) is 21.2. The van der Waals surface area contributed by atoms with Crippen molar-refractivity contribution >= 4 is 28.7 Å². The Morgan fingerprint density at radius 2 is 2.00 bits per heavy atom. The number of rotatable bonds is 6. The number of aromatic nitrogens is 1. The van der Waals surface area contributed by atoms with Gasteiger partial charge in [-0.3, -0.25) is 14.6 Å². The number of ketones is 1. The van der Waals surface area contributed by atoms with Crippen LogP contribution in [0.1, 0.15) is 48.0 Å². The molecule has 178 valence electrons. The second kappa shape index (κ2) is 9.98. The summed E-state index contributed by atoms with van der Waals surface area (Å²) in [5.41, 5.74) is 2.11. The first kappa shape index (κ1) is 24.0. The van der Waals surface area contributed by atoms with Gasteiger partial charge < -0.3 is 9.80 Å². The minimum Gasteiger partial charge on any atom is -0.320 e. The van der Waals surface area contributed by atoms with E-state index in [4.69, 9.17) is 5.26 Å². The first-order valence-corrected chi connectivity index (χ1v) is 11.6. The van der Waals surface area contributed by atoms with Crippen molar-refractivity contribution in [3.8, 4) is 6.07 Å². The molecule has 2 aliphatic heterocycles. The van der Waals surface area contributed by atoms with Gasteiger partial charge in [0.15, 0.2) is 5.78 Å². The number of fused-ring (bicyclic) bond motifs is 1. The highest BCUT2D eigenvalue weighted by molar-refractivity contribution is 6.08. The molecule has 3 heterocycles. The Morgan fingerprint density at radius 3 is 2.74 bits per heavy atom. The van der Waals surface area contributed by atoms with Gasteiger partial charge in [-0.05, 0) is 62.7 Å². The fourth-order valence-electron chi connectivity index (χ4n) is 4.67. The molecular formula is C26H28F2N4O2. The molecule has 6 nitrogen and oxygen atoms in total. The zero-order valence-corrected chi connectivity index (χ0v) is 19.2. The molecule has 1 atom stereocenters. The van der Waals surface area contributed by atoms with Crippen molar-refractivity contribution in [2.75, 3.05) is 26.7 Å². The van der Waals surface area contributed by atoms with E-state index >= 15 is 0 Å². The summed E-state index contributed by atoms with van der Waals surface area (Å²) in [6, 6.07) is 8.00. The Hall–Kier alpha value is -3.18. The Balaban J connectivity index is 1.45. The van der Waals surface area contributed by atoms with Crippen molar-refractivity contribution in [1.82, 2.24) is 14.8 Å². The van der Waals surface area contributed by atoms with Crippen molar-refractivity contribution < 1.29 is 18.4 Å².